The number of hydrogen-bond acceptors (Lipinski definition) is 2. The van der Waals surface area contributed by atoms with E-state index in [4.69, 9.17) is 16.6 Å². The van der Waals surface area contributed by atoms with Crippen LogP contribution in [0.2, 0.25) is 5.02 Å². The van der Waals surface area contributed by atoms with Crippen LogP contribution in [0.4, 0.5) is 0 Å². The van der Waals surface area contributed by atoms with Gasteiger partial charge < -0.3 is 0 Å². The summed E-state index contributed by atoms with van der Waals surface area (Å²) in [5, 5.41) is 0.759. The zero-order valence-corrected chi connectivity index (χ0v) is 14.3. The maximum Gasteiger partial charge on any atom is 0.129 e. The van der Waals surface area contributed by atoms with Crippen molar-refractivity contribution in [1.82, 2.24) is 4.90 Å². The van der Waals surface area contributed by atoms with Gasteiger partial charge in [0.15, 0.2) is 0 Å². The summed E-state index contributed by atoms with van der Waals surface area (Å²) in [6.07, 6.45) is 0.0853. The Balaban J connectivity index is 1.57. The Bertz CT molecular complexity index is 919. The second-order valence-corrected chi connectivity index (χ2v) is 6.99. The number of rotatable bonds is 3. The molecule has 2 aliphatic rings. The van der Waals surface area contributed by atoms with Crippen LogP contribution in [0.25, 0.3) is 0 Å². The van der Waals surface area contributed by atoms with Gasteiger partial charge in [-0.15, -0.1) is 0 Å². The van der Waals surface area contributed by atoms with Gasteiger partial charge in [-0.25, -0.2) is 0 Å². The fourth-order valence-corrected chi connectivity index (χ4v) is 3.99. The van der Waals surface area contributed by atoms with E-state index in [1.54, 1.807) is 0 Å². The van der Waals surface area contributed by atoms with Crippen LogP contribution in [0, 0.1) is 0 Å². The molecule has 0 aromatic heterocycles. The Morgan fingerprint density at radius 1 is 0.680 bits per heavy atom. The van der Waals surface area contributed by atoms with E-state index in [0.29, 0.717) is 12.1 Å². The van der Waals surface area contributed by atoms with Gasteiger partial charge in [-0.2, -0.15) is 0 Å². The molecule has 3 heteroatoms. The maximum atomic E-state index is 6.06. The molecule has 1 saturated heterocycles. The van der Waals surface area contributed by atoms with Crippen LogP contribution in [0.5, 0.6) is 0 Å². The van der Waals surface area contributed by atoms with Gasteiger partial charge >= 0.3 is 0 Å². The molecule has 0 aliphatic carbocycles. The molecule has 122 valence electrons. The molecule has 2 nitrogen and oxygen atoms in total. The molecule has 0 N–H and O–H groups in total. The highest BCUT2D eigenvalue weighted by Gasteiger charge is 2.59. The number of benzene rings is 3. The summed E-state index contributed by atoms with van der Waals surface area (Å²) in [4.78, 5) is 7.56. The van der Waals surface area contributed by atoms with Gasteiger partial charge in [0.05, 0.1) is 17.8 Å². The lowest BCUT2D eigenvalue weighted by Gasteiger charge is -2.14. The minimum atomic E-state index is 0.0853. The number of fused-ring (bicyclic) bond motifs is 1. The fourth-order valence-electron chi connectivity index (χ4n) is 3.86. The largest absolute Gasteiger partial charge is 0.263 e. The Kier molecular flexibility index (Phi) is 3.47. The van der Waals surface area contributed by atoms with Crippen LogP contribution in [0.1, 0.15) is 28.9 Å². The topological polar surface area (TPSA) is 15.4 Å². The van der Waals surface area contributed by atoms with Crippen LogP contribution < -0.4 is 0 Å². The molecule has 25 heavy (non-hydrogen) atoms. The molecule has 3 aromatic carbocycles. The monoisotopic (exact) mass is 344 g/mol. The molecule has 3 aromatic rings. The second-order valence-electron chi connectivity index (χ2n) is 6.55. The minimum Gasteiger partial charge on any atom is -0.263 e. The van der Waals surface area contributed by atoms with Crippen molar-refractivity contribution in [3.05, 3.63) is 107 Å². The van der Waals surface area contributed by atoms with Gasteiger partial charge in [0, 0.05) is 5.02 Å². The van der Waals surface area contributed by atoms with Gasteiger partial charge in [0.1, 0.15) is 6.17 Å². The summed E-state index contributed by atoms with van der Waals surface area (Å²) in [6.45, 7) is 0. The predicted molar refractivity (Wildman–Crippen MR) is 102 cm³/mol. The summed E-state index contributed by atoms with van der Waals surface area (Å²) in [6, 6.07) is 30.0. The highest BCUT2D eigenvalue weighted by molar-refractivity contribution is 6.30. The third-order valence-corrected chi connectivity index (χ3v) is 5.31. The SMILES string of the molecule is Clc1ccc(C2=N[C@H](c3ccccc3)N3[C@H]2[C@H]3c2ccccc2)cc1. The van der Waals surface area contributed by atoms with Crippen LogP contribution in [-0.4, -0.2) is 16.7 Å². The average Bonchev–Trinajstić information content (AvgIpc) is 3.28. The van der Waals surface area contributed by atoms with E-state index in [0.717, 1.165) is 10.6 Å². The highest BCUT2D eigenvalue weighted by Crippen LogP contribution is 2.55. The molecule has 4 atom stereocenters. The zero-order valence-electron chi connectivity index (χ0n) is 13.6. The van der Waals surface area contributed by atoms with E-state index < -0.39 is 0 Å². The molecule has 2 heterocycles. The van der Waals surface area contributed by atoms with Crippen molar-refractivity contribution in [2.75, 3.05) is 0 Å². The molecular weight excluding hydrogens is 328 g/mol. The van der Waals surface area contributed by atoms with Crippen LogP contribution in [-0.2, 0) is 0 Å². The molecule has 1 fully saturated rings. The number of aliphatic imine (C=N–C) groups is 1. The lowest BCUT2D eigenvalue weighted by molar-refractivity contribution is 0.404. The normalized spacial score (nSPS) is 26.8. The van der Waals surface area contributed by atoms with Gasteiger partial charge in [0.25, 0.3) is 0 Å². The van der Waals surface area contributed by atoms with Crippen molar-refractivity contribution in [1.29, 1.82) is 0 Å². The van der Waals surface area contributed by atoms with Gasteiger partial charge in [-0.1, -0.05) is 84.4 Å². The Morgan fingerprint density at radius 3 is 1.92 bits per heavy atom. The fraction of sp³-hybridized carbons (Fsp3) is 0.136. The standard InChI is InChI=1S/C22H17ClN2/c23-18-13-11-15(12-14-18)19-21-20(16-7-3-1-4-8-16)25(21)22(24-19)17-9-5-2-6-10-17/h1-14,20-22H/t20-,21-,22+,25?/m1/s1. The summed E-state index contributed by atoms with van der Waals surface area (Å²) in [5.41, 5.74) is 4.93. The third-order valence-electron chi connectivity index (χ3n) is 5.05. The van der Waals surface area contributed by atoms with E-state index in [-0.39, 0.29) is 6.17 Å². The third kappa shape index (κ3) is 2.50. The molecule has 1 unspecified atom stereocenters. The quantitative estimate of drug-likeness (QED) is 0.591. The van der Waals surface area contributed by atoms with Crippen molar-refractivity contribution in [2.24, 2.45) is 4.99 Å². The van der Waals surface area contributed by atoms with E-state index in [1.165, 1.54) is 16.8 Å². The Morgan fingerprint density at radius 2 is 1.28 bits per heavy atom. The molecule has 0 bridgehead atoms. The van der Waals surface area contributed by atoms with Gasteiger partial charge in [-0.3, -0.25) is 9.89 Å². The first-order chi connectivity index (χ1) is 12.3. The van der Waals surface area contributed by atoms with Crippen molar-refractivity contribution in [2.45, 2.75) is 18.2 Å². The average molecular weight is 345 g/mol. The highest BCUT2D eigenvalue weighted by atomic mass is 35.5. The van der Waals surface area contributed by atoms with Crippen LogP contribution in [0.15, 0.2) is 89.9 Å². The smallest absolute Gasteiger partial charge is 0.129 e. The summed E-state index contributed by atoms with van der Waals surface area (Å²) in [7, 11) is 0. The van der Waals surface area contributed by atoms with E-state index in [2.05, 4.69) is 77.7 Å². The van der Waals surface area contributed by atoms with E-state index in [1.807, 2.05) is 12.1 Å². The second kappa shape index (κ2) is 5.83. The van der Waals surface area contributed by atoms with Gasteiger partial charge in [0.2, 0.25) is 0 Å². The number of halogens is 1. The van der Waals surface area contributed by atoms with Gasteiger partial charge in [-0.05, 0) is 28.8 Å². The summed E-state index contributed by atoms with van der Waals surface area (Å²) < 4.78 is 0. The number of nitrogens with zero attached hydrogens (tertiary/aromatic N) is 2. The van der Waals surface area contributed by atoms with E-state index in [9.17, 15) is 0 Å². The first-order valence-corrected chi connectivity index (χ1v) is 8.92. The first-order valence-electron chi connectivity index (χ1n) is 8.54. The molecule has 2 aliphatic heterocycles. The molecule has 0 amide bonds. The molecule has 0 radical (unpaired) electrons. The number of hydrogen-bond donors (Lipinski definition) is 0. The zero-order chi connectivity index (χ0) is 16.8. The minimum absolute atomic E-state index is 0.0853. The molecule has 0 saturated carbocycles. The predicted octanol–water partition coefficient (Wildman–Crippen LogP) is 5.27. The molecular formula is C22H17ClN2. The lowest BCUT2D eigenvalue weighted by atomic mass is 10.0. The molecule has 0 spiro atoms. The van der Waals surface area contributed by atoms with Crippen molar-refractivity contribution < 1.29 is 0 Å². The summed E-state index contributed by atoms with van der Waals surface area (Å²) in [5.74, 6) is 0. The maximum absolute atomic E-state index is 6.06. The lowest BCUT2D eigenvalue weighted by Crippen LogP contribution is -2.08. The van der Waals surface area contributed by atoms with Crippen LogP contribution >= 0.6 is 11.6 Å². The Hall–Kier alpha value is -2.42. The van der Waals surface area contributed by atoms with Crippen molar-refractivity contribution in [3.63, 3.8) is 0 Å². The summed E-state index contributed by atoms with van der Waals surface area (Å²) >= 11 is 6.06. The van der Waals surface area contributed by atoms with Crippen molar-refractivity contribution in [3.8, 4) is 0 Å². The van der Waals surface area contributed by atoms with Crippen molar-refractivity contribution >= 4 is 17.3 Å². The Labute approximate surface area is 152 Å². The first kappa shape index (κ1) is 14.9. The van der Waals surface area contributed by atoms with E-state index >= 15 is 0 Å². The molecule has 5 rings (SSSR count). The van der Waals surface area contributed by atoms with Crippen LogP contribution in [0.3, 0.4) is 0 Å².